The molecule has 0 rings (SSSR count). The summed E-state index contributed by atoms with van der Waals surface area (Å²) in [6, 6.07) is 0. The Labute approximate surface area is 542 Å². The maximum absolute atomic E-state index is 13.0. The average Bonchev–Trinajstić information content (AvgIpc) is 3.69. The Morgan fingerprint density at radius 2 is 0.629 bits per heavy atom. The summed E-state index contributed by atoms with van der Waals surface area (Å²) in [6.07, 6.45) is 46.6. The molecule has 17 nitrogen and oxygen atoms in total. The second-order valence-corrected chi connectivity index (χ2v) is 28.2. The van der Waals surface area contributed by atoms with Crippen LogP contribution in [0.1, 0.15) is 325 Å². The number of phosphoric acid groups is 2. The van der Waals surface area contributed by atoms with Gasteiger partial charge in [-0.3, -0.25) is 37.3 Å². The molecule has 0 aliphatic rings. The summed E-state index contributed by atoms with van der Waals surface area (Å²) in [5.41, 5.74) is 0. The van der Waals surface area contributed by atoms with Crippen LogP contribution in [0.4, 0.5) is 0 Å². The van der Waals surface area contributed by atoms with Crippen molar-refractivity contribution in [2.75, 3.05) is 39.6 Å². The number of aliphatic hydroxyl groups is 1. The molecule has 3 N–H and O–H groups in total. The van der Waals surface area contributed by atoms with Crippen molar-refractivity contribution in [3.63, 3.8) is 0 Å². The van der Waals surface area contributed by atoms with Crippen molar-refractivity contribution in [1.82, 2.24) is 0 Å². The molecule has 0 spiro atoms. The maximum Gasteiger partial charge on any atom is 0.472 e. The van der Waals surface area contributed by atoms with E-state index in [1.165, 1.54) is 109 Å². The minimum Gasteiger partial charge on any atom is -0.462 e. The van der Waals surface area contributed by atoms with Gasteiger partial charge in [-0.2, -0.15) is 0 Å². The van der Waals surface area contributed by atoms with Gasteiger partial charge in [0, 0.05) is 25.7 Å². The molecular weight excluding hydrogens is 1170 g/mol. The van der Waals surface area contributed by atoms with Crippen molar-refractivity contribution in [2.24, 2.45) is 17.8 Å². The molecular formula is C70H132O17P2. The monoisotopic (exact) mass is 1310 g/mol. The molecule has 0 aliphatic carbocycles. The second-order valence-electron chi connectivity index (χ2n) is 25.3. The molecule has 19 heteroatoms. The molecule has 0 aliphatic heterocycles. The van der Waals surface area contributed by atoms with Gasteiger partial charge in [-0.25, -0.2) is 9.13 Å². The molecule has 0 aromatic rings. The van der Waals surface area contributed by atoms with Gasteiger partial charge in [0.15, 0.2) is 12.2 Å². The quantitative estimate of drug-likeness (QED) is 0.0169. The Hall–Kier alpha value is -2.46. The van der Waals surface area contributed by atoms with E-state index in [1.54, 1.807) is 0 Å². The van der Waals surface area contributed by atoms with Gasteiger partial charge in [0.05, 0.1) is 26.4 Å². The molecule has 0 amide bonds. The van der Waals surface area contributed by atoms with Gasteiger partial charge in [0.25, 0.3) is 0 Å². The summed E-state index contributed by atoms with van der Waals surface area (Å²) >= 11 is 0. The van der Waals surface area contributed by atoms with Gasteiger partial charge in [-0.1, -0.05) is 272 Å². The summed E-state index contributed by atoms with van der Waals surface area (Å²) in [5, 5.41) is 10.6. The number of allylic oxidation sites excluding steroid dienone is 4. The molecule has 0 saturated carbocycles. The normalized spacial score (nSPS) is 15.3. The third-order valence-corrected chi connectivity index (χ3v) is 18.5. The van der Waals surface area contributed by atoms with Crippen LogP contribution >= 0.6 is 15.6 Å². The molecule has 524 valence electrons. The van der Waals surface area contributed by atoms with Gasteiger partial charge in [-0.05, 0) is 69.1 Å². The topological polar surface area (TPSA) is 237 Å². The fourth-order valence-corrected chi connectivity index (χ4v) is 11.5. The molecule has 0 aromatic carbocycles. The van der Waals surface area contributed by atoms with E-state index in [0.29, 0.717) is 31.6 Å². The van der Waals surface area contributed by atoms with Gasteiger partial charge in [0.1, 0.15) is 19.3 Å². The number of aliphatic hydroxyl groups excluding tert-OH is 1. The largest absolute Gasteiger partial charge is 0.472 e. The first-order chi connectivity index (χ1) is 42.8. The van der Waals surface area contributed by atoms with Crippen LogP contribution in [0.5, 0.6) is 0 Å². The predicted molar refractivity (Wildman–Crippen MR) is 358 cm³/mol. The number of phosphoric ester groups is 2. The van der Waals surface area contributed by atoms with E-state index in [1.807, 2.05) is 0 Å². The summed E-state index contributed by atoms with van der Waals surface area (Å²) in [6.45, 7) is 11.7. The van der Waals surface area contributed by atoms with E-state index >= 15 is 0 Å². The lowest BCUT2D eigenvalue weighted by Crippen LogP contribution is -2.30. The summed E-state index contributed by atoms with van der Waals surface area (Å²) in [7, 11) is -9.91. The SMILES string of the molecule is CCCCCC/C=C\C=C/CCCCCCCC(=O)OC[C@H](COP(=O)(O)OC[C@@H](O)COP(=O)(O)OC[C@@H](COC(=O)CCCCCCCCC(C)CC)OC(=O)CCCCCCCCCCCCC(C)CC)OC(=O)CCCCCCCCC(C)CC. The molecule has 5 unspecified atom stereocenters. The lowest BCUT2D eigenvalue weighted by atomic mass is 9.99. The Morgan fingerprint density at radius 1 is 0.360 bits per heavy atom. The Bertz CT molecular complexity index is 1850. The predicted octanol–water partition coefficient (Wildman–Crippen LogP) is 19.4. The first kappa shape index (κ1) is 86.5. The van der Waals surface area contributed by atoms with Crippen LogP contribution in [0.15, 0.2) is 24.3 Å². The molecule has 0 aromatic heterocycles. The number of ether oxygens (including phenoxy) is 4. The minimum atomic E-state index is -4.96. The Balaban J connectivity index is 5.28. The van der Waals surface area contributed by atoms with Gasteiger partial charge >= 0.3 is 39.5 Å². The zero-order valence-corrected chi connectivity index (χ0v) is 59.2. The zero-order chi connectivity index (χ0) is 65.9. The van der Waals surface area contributed by atoms with E-state index in [-0.39, 0.29) is 25.7 Å². The van der Waals surface area contributed by atoms with Crippen molar-refractivity contribution >= 4 is 39.5 Å². The van der Waals surface area contributed by atoms with E-state index in [4.69, 9.17) is 37.0 Å². The lowest BCUT2D eigenvalue weighted by Gasteiger charge is -2.21. The highest BCUT2D eigenvalue weighted by atomic mass is 31.2. The number of esters is 4. The zero-order valence-electron chi connectivity index (χ0n) is 57.4. The number of rotatable bonds is 66. The molecule has 0 fully saturated rings. The van der Waals surface area contributed by atoms with Crippen LogP contribution in [0, 0.1) is 17.8 Å². The highest BCUT2D eigenvalue weighted by Gasteiger charge is 2.30. The number of carbonyl (C=O) groups is 4. The van der Waals surface area contributed by atoms with E-state index in [2.05, 4.69) is 72.8 Å². The van der Waals surface area contributed by atoms with Gasteiger partial charge < -0.3 is 33.8 Å². The summed E-state index contributed by atoms with van der Waals surface area (Å²) in [5.74, 6) is 0.0858. The molecule has 0 heterocycles. The van der Waals surface area contributed by atoms with E-state index in [9.17, 15) is 43.2 Å². The van der Waals surface area contributed by atoms with Crippen LogP contribution in [-0.4, -0.2) is 96.7 Å². The summed E-state index contributed by atoms with van der Waals surface area (Å²) < 4.78 is 68.2. The van der Waals surface area contributed by atoms with Gasteiger partial charge in [-0.15, -0.1) is 0 Å². The fraction of sp³-hybridized carbons (Fsp3) is 0.886. The number of unbranched alkanes of at least 4 members (excludes halogenated alkanes) is 28. The second kappa shape index (κ2) is 60.5. The Kier molecular flexibility index (Phi) is 58.8. The van der Waals surface area contributed by atoms with Crippen molar-refractivity contribution in [1.29, 1.82) is 0 Å². The van der Waals surface area contributed by atoms with Crippen LogP contribution in [0.3, 0.4) is 0 Å². The van der Waals surface area contributed by atoms with Crippen molar-refractivity contribution < 1.29 is 80.2 Å². The first-order valence-electron chi connectivity index (χ1n) is 35.8. The van der Waals surface area contributed by atoms with E-state index in [0.717, 1.165) is 127 Å². The highest BCUT2D eigenvalue weighted by molar-refractivity contribution is 7.47. The fourth-order valence-electron chi connectivity index (χ4n) is 9.90. The Morgan fingerprint density at radius 3 is 0.944 bits per heavy atom. The smallest absolute Gasteiger partial charge is 0.462 e. The minimum absolute atomic E-state index is 0.0956. The van der Waals surface area contributed by atoms with Crippen LogP contribution in [-0.2, 0) is 65.4 Å². The lowest BCUT2D eigenvalue weighted by molar-refractivity contribution is -0.161. The van der Waals surface area contributed by atoms with E-state index < -0.39 is 97.5 Å². The standard InChI is InChI=1S/C70H132O17P2/c1-8-12-13-14-15-16-17-18-19-20-21-25-28-37-44-51-67(72)80-57-66(87-70(75)54-47-40-33-31-36-43-50-63(7)11-4)60-85-89(78,79)83-56-64(71)55-82-88(76,77)84-59-65(58-81-68(73)52-45-38-32-30-35-42-49-62(6)10-3)86-69(74)53-46-39-29-26-23-22-24-27-34-41-48-61(5)9-2/h16-19,61-66,71H,8-15,20-60H2,1-7H3,(H,76,77)(H,78,79)/b17-16-,19-18-/t61?,62?,63?,64-,65+,66+/m0/s1. The molecule has 89 heavy (non-hydrogen) atoms. The third-order valence-electron chi connectivity index (χ3n) is 16.6. The van der Waals surface area contributed by atoms with Crippen LogP contribution in [0.25, 0.3) is 0 Å². The summed E-state index contributed by atoms with van der Waals surface area (Å²) in [4.78, 5) is 72.5. The van der Waals surface area contributed by atoms with Crippen LogP contribution < -0.4 is 0 Å². The average molecular weight is 1310 g/mol. The number of hydrogen-bond acceptors (Lipinski definition) is 15. The molecule has 8 atom stereocenters. The van der Waals surface area contributed by atoms with Crippen molar-refractivity contribution in [3.05, 3.63) is 24.3 Å². The molecule has 0 radical (unpaired) electrons. The van der Waals surface area contributed by atoms with Crippen LogP contribution in [0.2, 0.25) is 0 Å². The molecule has 0 saturated heterocycles. The third kappa shape index (κ3) is 60.3. The highest BCUT2D eigenvalue weighted by Crippen LogP contribution is 2.45. The first-order valence-corrected chi connectivity index (χ1v) is 38.8. The number of hydrogen-bond donors (Lipinski definition) is 3. The van der Waals surface area contributed by atoms with Gasteiger partial charge in [0.2, 0.25) is 0 Å². The maximum atomic E-state index is 13.0. The van der Waals surface area contributed by atoms with Crippen molar-refractivity contribution in [3.8, 4) is 0 Å². The van der Waals surface area contributed by atoms with Crippen molar-refractivity contribution in [2.45, 2.75) is 343 Å². The molecule has 0 bridgehead atoms. The number of carbonyl (C=O) groups excluding carboxylic acids is 4.